The molecule has 0 bridgehead atoms. The molecule has 4 nitrogen and oxygen atoms in total. The molecule has 23 heavy (non-hydrogen) atoms. The van der Waals surface area contributed by atoms with Gasteiger partial charge in [0.1, 0.15) is 5.75 Å². The summed E-state index contributed by atoms with van der Waals surface area (Å²) in [5.74, 6) is 0.746. The van der Waals surface area contributed by atoms with E-state index in [4.69, 9.17) is 4.74 Å². The third kappa shape index (κ3) is 5.10. The summed E-state index contributed by atoms with van der Waals surface area (Å²) in [6, 6.07) is 7.52. The summed E-state index contributed by atoms with van der Waals surface area (Å²) >= 11 is 0. The van der Waals surface area contributed by atoms with Gasteiger partial charge in [-0.2, -0.15) is 0 Å². The second kappa shape index (κ2) is 6.75. The van der Waals surface area contributed by atoms with Crippen molar-refractivity contribution in [3.05, 3.63) is 42.1 Å². The van der Waals surface area contributed by atoms with E-state index in [1.165, 1.54) is 0 Å². The van der Waals surface area contributed by atoms with Crippen LogP contribution in [0.25, 0.3) is 0 Å². The van der Waals surface area contributed by atoms with Gasteiger partial charge < -0.3 is 15.4 Å². The Bertz CT molecular complexity index is 558. The molecule has 0 aliphatic carbocycles. The Labute approximate surface area is 139 Å². The highest BCUT2D eigenvalue weighted by atomic mass is 16.5. The number of hydrogen-bond donors (Lipinski definition) is 2. The highest BCUT2D eigenvalue weighted by Gasteiger charge is 2.37. The maximum atomic E-state index is 12.2. The smallest absolute Gasteiger partial charge is 0.187 e. The highest BCUT2D eigenvalue weighted by molar-refractivity contribution is 6.04. The molecule has 1 aromatic rings. The number of ketones is 1. The molecule has 0 aromatic heterocycles. The molecule has 1 saturated heterocycles. The number of methoxy groups -OCH3 is 1. The summed E-state index contributed by atoms with van der Waals surface area (Å²) in [6.07, 6.45) is 5.44. The van der Waals surface area contributed by atoms with Crippen LogP contribution in [0.3, 0.4) is 0 Å². The van der Waals surface area contributed by atoms with Crippen LogP contribution in [0.5, 0.6) is 5.75 Å². The zero-order chi connectivity index (χ0) is 17.1. The summed E-state index contributed by atoms with van der Waals surface area (Å²) in [6.45, 7) is 8.87. The third-order valence-electron chi connectivity index (χ3n) is 4.13. The number of allylic oxidation sites excluding steroid dienone is 1. The van der Waals surface area contributed by atoms with Crippen molar-refractivity contribution >= 4 is 5.78 Å². The van der Waals surface area contributed by atoms with Crippen LogP contribution in [0.1, 0.15) is 50.9 Å². The van der Waals surface area contributed by atoms with Gasteiger partial charge in [-0.25, -0.2) is 0 Å². The number of piperidine rings is 1. The van der Waals surface area contributed by atoms with Crippen molar-refractivity contribution < 1.29 is 9.53 Å². The van der Waals surface area contributed by atoms with Gasteiger partial charge in [0.05, 0.1) is 7.11 Å². The van der Waals surface area contributed by atoms with E-state index in [1.807, 2.05) is 0 Å². The molecule has 1 aliphatic heterocycles. The number of hydrogen-bond acceptors (Lipinski definition) is 4. The van der Waals surface area contributed by atoms with Crippen LogP contribution >= 0.6 is 0 Å². The van der Waals surface area contributed by atoms with Gasteiger partial charge in [0, 0.05) is 35.0 Å². The van der Waals surface area contributed by atoms with E-state index >= 15 is 0 Å². The van der Waals surface area contributed by atoms with Gasteiger partial charge >= 0.3 is 0 Å². The summed E-state index contributed by atoms with van der Waals surface area (Å²) in [4.78, 5) is 12.2. The van der Waals surface area contributed by atoms with Crippen LogP contribution in [0.15, 0.2) is 36.5 Å². The molecule has 2 N–H and O–H groups in total. The van der Waals surface area contributed by atoms with Crippen molar-refractivity contribution in [3.8, 4) is 5.75 Å². The van der Waals surface area contributed by atoms with Gasteiger partial charge in [-0.15, -0.1) is 0 Å². The lowest BCUT2D eigenvalue weighted by molar-refractivity contribution is 0.104. The molecular formula is C19H28N2O2. The van der Waals surface area contributed by atoms with Crippen LogP contribution in [0, 0.1) is 0 Å². The van der Waals surface area contributed by atoms with Gasteiger partial charge in [0.2, 0.25) is 0 Å². The predicted octanol–water partition coefficient (Wildman–Crippen LogP) is 3.29. The molecule has 2 rings (SSSR count). The van der Waals surface area contributed by atoms with E-state index in [9.17, 15) is 4.79 Å². The third-order valence-corrected chi connectivity index (χ3v) is 4.13. The van der Waals surface area contributed by atoms with Crippen molar-refractivity contribution in [2.24, 2.45) is 0 Å². The zero-order valence-electron chi connectivity index (χ0n) is 14.8. The molecule has 0 atom stereocenters. The number of ether oxygens (including phenoxy) is 1. The monoisotopic (exact) mass is 316 g/mol. The van der Waals surface area contributed by atoms with Crippen LogP contribution in [0.4, 0.5) is 0 Å². The normalized spacial score (nSPS) is 20.4. The molecule has 1 aliphatic rings. The van der Waals surface area contributed by atoms with Crippen molar-refractivity contribution in [2.75, 3.05) is 7.11 Å². The first kappa shape index (κ1) is 17.5. The first-order chi connectivity index (χ1) is 10.7. The summed E-state index contributed by atoms with van der Waals surface area (Å²) in [5.41, 5.74) is 0.843. The Morgan fingerprint density at radius 2 is 1.74 bits per heavy atom. The maximum Gasteiger partial charge on any atom is 0.187 e. The summed E-state index contributed by atoms with van der Waals surface area (Å²) < 4.78 is 5.10. The number of benzene rings is 1. The van der Waals surface area contributed by atoms with Crippen molar-refractivity contribution in [1.82, 2.24) is 10.6 Å². The number of carbonyl (C=O) groups is 1. The SMILES string of the molecule is COc1ccc(C(=O)/C=C/NC2CC(C)(C)NC(C)(C)C2)cc1. The molecule has 1 aromatic carbocycles. The average molecular weight is 316 g/mol. The largest absolute Gasteiger partial charge is 0.497 e. The number of rotatable bonds is 5. The van der Waals surface area contributed by atoms with Gasteiger partial charge in [-0.1, -0.05) is 0 Å². The summed E-state index contributed by atoms with van der Waals surface area (Å²) in [7, 11) is 1.61. The average Bonchev–Trinajstić information content (AvgIpc) is 2.44. The Morgan fingerprint density at radius 3 is 2.26 bits per heavy atom. The first-order valence-corrected chi connectivity index (χ1v) is 8.11. The van der Waals surface area contributed by atoms with Gasteiger partial charge in [-0.05, 0) is 64.8 Å². The lowest BCUT2D eigenvalue weighted by Crippen LogP contribution is -2.61. The Kier molecular flexibility index (Phi) is 5.15. The van der Waals surface area contributed by atoms with Crippen LogP contribution in [0.2, 0.25) is 0 Å². The van der Waals surface area contributed by atoms with Gasteiger partial charge in [0.15, 0.2) is 5.78 Å². The van der Waals surface area contributed by atoms with E-state index < -0.39 is 0 Å². The van der Waals surface area contributed by atoms with Crippen molar-refractivity contribution in [2.45, 2.75) is 57.7 Å². The molecule has 0 saturated carbocycles. The quantitative estimate of drug-likeness (QED) is 0.646. The second-order valence-electron chi connectivity index (χ2n) is 7.59. The van der Waals surface area contributed by atoms with E-state index in [-0.39, 0.29) is 16.9 Å². The minimum Gasteiger partial charge on any atom is -0.497 e. The Hall–Kier alpha value is -1.81. The topological polar surface area (TPSA) is 50.4 Å². The van der Waals surface area contributed by atoms with Crippen molar-refractivity contribution in [3.63, 3.8) is 0 Å². The molecule has 0 unspecified atom stereocenters. The first-order valence-electron chi connectivity index (χ1n) is 8.11. The van der Waals surface area contributed by atoms with E-state index in [1.54, 1.807) is 43.7 Å². The number of carbonyl (C=O) groups excluding carboxylic acids is 1. The van der Waals surface area contributed by atoms with Gasteiger partial charge in [-0.3, -0.25) is 4.79 Å². The summed E-state index contributed by atoms with van der Waals surface area (Å²) in [5, 5.41) is 7.04. The molecule has 1 fully saturated rings. The van der Waals surface area contributed by atoms with Crippen LogP contribution in [-0.2, 0) is 0 Å². The second-order valence-corrected chi connectivity index (χ2v) is 7.59. The maximum absolute atomic E-state index is 12.2. The molecule has 0 spiro atoms. The van der Waals surface area contributed by atoms with E-state index in [0.29, 0.717) is 11.6 Å². The lowest BCUT2D eigenvalue weighted by Gasteiger charge is -2.46. The fraction of sp³-hybridized carbons (Fsp3) is 0.526. The molecule has 0 amide bonds. The molecule has 0 radical (unpaired) electrons. The molecule has 4 heteroatoms. The highest BCUT2D eigenvalue weighted by Crippen LogP contribution is 2.28. The lowest BCUT2D eigenvalue weighted by atomic mass is 9.80. The van der Waals surface area contributed by atoms with Crippen LogP contribution in [-0.4, -0.2) is 30.0 Å². The van der Waals surface area contributed by atoms with Gasteiger partial charge in [0.25, 0.3) is 0 Å². The molecule has 126 valence electrons. The zero-order valence-corrected chi connectivity index (χ0v) is 14.8. The van der Waals surface area contributed by atoms with Crippen LogP contribution < -0.4 is 15.4 Å². The fourth-order valence-electron chi connectivity index (χ4n) is 3.55. The van der Waals surface area contributed by atoms with Crippen molar-refractivity contribution in [1.29, 1.82) is 0 Å². The van der Waals surface area contributed by atoms with E-state index in [0.717, 1.165) is 18.6 Å². The molecule has 1 heterocycles. The standard InChI is InChI=1S/C19H28N2O2/c1-18(2)12-15(13-19(3,4)21-18)20-11-10-17(22)14-6-8-16(23-5)9-7-14/h6-11,15,20-21H,12-13H2,1-5H3/b11-10+. The Balaban J connectivity index is 1.93. The Morgan fingerprint density at radius 1 is 1.17 bits per heavy atom. The van der Waals surface area contributed by atoms with E-state index in [2.05, 4.69) is 38.3 Å². The fourth-order valence-corrected chi connectivity index (χ4v) is 3.55. The molecular weight excluding hydrogens is 288 g/mol. The predicted molar refractivity (Wildman–Crippen MR) is 93.9 cm³/mol. The minimum absolute atomic E-state index is 0.00684. The number of nitrogens with one attached hydrogen (secondary N) is 2. The minimum atomic E-state index is -0.00684.